The van der Waals surface area contributed by atoms with Gasteiger partial charge < -0.3 is 20.0 Å². The first-order chi connectivity index (χ1) is 9.56. The summed E-state index contributed by atoms with van der Waals surface area (Å²) >= 11 is 0. The molecular weight excluding hydrogens is 254 g/mol. The molecule has 3 N–H and O–H groups in total. The Morgan fingerprint density at radius 3 is 2.55 bits per heavy atom. The lowest BCUT2D eigenvalue weighted by Crippen LogP contribution is -2.20. The number of methoxy groups -OCH3 is 1. The fourth-order valence-electron chi connectivity index (χ4n) is 2.33. The van der Waals surface area contributed by atoms with Gasteiger partial charge >= 0.3 is 0 Å². The zero-order valence-electron chi connectivity index (χ0n) is 12.1. The number of benzene rings is 1. The van der Waals surface area contributed by atoms with E-state index in [0.29, 0.717) is 12.3 Å². The maximum absolute atomic E-state index is 10.5. The minimum Gasteiger partial charge on any atom is -0.496 e. The van der Waals surface area contributed by atoms with E-state index >= 15 is 0 Å². The first-order valence-corrected chi connectivity index (χ1v) is 6.65. The molecule has 0 amide bonds. The Labute approximate surface area is 119 Å². The second-order valence-corrected chi connectivity index (χ2v) is 4.96. The molecule has 0 saturated carbocycles. The van der Waals surface area contributed by atoms with Gasteiger partial charge in [-0.25, -0.2) is 0 Å². The van der Waals surface area contributed by atoms with Crippen molar-refractivity contribution < 1.29 is 14.3 Å². The van der Waals surface area contributed by atoms with Crippen molar-refractivity contribution in [3.05, 3.63) is 53.0 Å². The van der Waals surface area contributed by atoms with Gasteiger partial charge in [0.2, 0.25) is 0 Å². The number of furan rings is 1. The molecule has 0 spiro atoms. The minimum atomic E-state index is -0.763. The topological polar surface area (TPSA) is 68.6 Å². The number of hydrogen-bond acceptors (Lipinski definition) is 4. The van der Waals surface area contributed by atoms with E-state index in [2.05, 4.69) is 0 Å². The van der Waals surface area contributed by atoms with Crippen molar-refractivity contribution in [2.75, 3.05) is 13.7 Å². The van der Waals surface area contributed by atoms with Crippen molar-refractivity contribution in [3.8, 4) is 5.75 Å². The van der Waals surface area contributed by atoms with Gasteiger partial charge in [0.25, 0.3) is 0 Å². The summed E-state index contributed by atoms with van der Waals surface area (Å²) in [5.74, 6) is 1.88. The fourth-order valence-corrected chi connectivity index (χ4v) is 2.33. The van der Waals surface area contributed by atoms with E-state index in [9.17, 15) is 5.11 Å². The Morgan fingerprint density at radius 1 is 1.25 bits per heavy atom. The van der Waals surface area contributed by atoms with Crippen LogP contribution < -0.4 is 10.5 Å². The predicted octanol–water partition coefficient (Wildman–Crippen LogP) is 2.68. The molecule has 2 rings (SSSR count). The number of hydrogen-bond donors (Lipinski definition) is 2. The molecule has 0 aliphatic heterocycles. The SMILES string of the molecule is COc1cc(C(CN)C(O)c2ccc(C)o2)ccc1C. The van der Waals surface area contributed by atoms with E-state index in [1.165, 1.54) is 0 Å². The van der Waals surface area contributed by atoms with Crippen molar-refractivity contribution in [1.82, 2.24) is 0 Å². The van der Waals surface area contributed by atoms with Gasteiger partial charge in [-0.2, -0.15) is 0 Å². The van der Waals surface area contributed by atoms with Crippen LogP contribution in [-0.2, 0) is 0 Å². The first-order valence-electron chi connectivity index (χ1n) is 6.65. The summed E-state index contributed by atoms with van der Waals surface area (Å²) in [5, 5.41) is 10.5. The molecule has 1 aromatic carbocycles. The Kier molecular flexibility index (Phi) is 4.47. The lowest BCUT2D eigenvalue weighted by atomic mass is 9.91. The standard InChI is InChI=1S/C16H21NO3/c1-10-4-6-12(8-15(10)19-3)13(9-17)16(18)14-7-5-11(2)20-14/h4-8,13,16,18H,9,17H2,1-3H3. The van der Waals surface area contributed by atoms with Gasteiger partial charge in [0.05, 0.1) is 7.11 Å². The Morgan fingerprint density at radius 2 is 2.00 bits per heavy atom. The van der Waals surface area contributed by atoms with Crippen LogP contribution in [-0.4, -0.2) is 18.8 Å². The number of rotatable bonds is 5. The highest BCUT2D eigenvalue weighted by molar-refractivity contribution is 5.39. The first kappa shape index (κ1) is 14.6. The van der Waals surface area contributed by atoms with E-state index in [0.717, 1.165) is 22.6 Å². The van der Waals surface area contributed by atoms with E-state index in [-0.39, 0.29) is 5.92 Å². The monoisotopic (exact) mass is 275 g/mol. The molecule has 20 heavy (non-hydrogen) atoms. The minimum absolute atomic E-state index is 0.227. The average Bonchev–Trinajstić information content (AvgIpc) is 2.88. The van der Waals surface area contributed by atoms with Gasteiger partial charge in [-0.15, -0.1) is 0 Å². The molecule has 0 fully saturated rings. The van der Waals surface area contributed by atoms with Gasteiger partial charge in [-0.1, -0.05) is 12.1 Å². The molecule has 4 heteroatoms. The summed E-state index contributed by atoms with van der Waals surface area (Å²) < 4.78 is 10.8. The lowest BCUT2D eigenvalue weighted by Gasteiger charge is -2.21. The predicted molar refractivity (Wildman–Crippen MR) is 77.9 cm³/mol. The summed E-state index contributed by atoms with van der Waals surface area (Å²) in [6.45, 7) is 4.15. The van der Waals surface area contributed by atoms with Crippen LogP contribution >= 0.6 is 0 Å². The normalized spacial score (nSPS) is 14.1. The van der Waals surface area contributed by atoms with Crippen LogP contribution in [0, 0.1) is 13.8 Å². The van der Waals surface area contributed by atoms with Gasteiger partial charge in [0.15, 0.2) is 0 Å². The molecular formula is C16H21NO3. The van der Waals surface area contributed by atoms with Crippen molar-refractivity contribution in [3.63, 3.8) is 0 Å². The molecule has 108 valence electrons. The van der Waals surface area contributed by atoms with Crippen LogP contribution in [0.1, 0.15) is 34.7 Å². The van der Waals surface area contributed by atoms with Crippen molar-refractivity contribution in [2.24, 2.45) is 5.73 Å². The highest BCUT2D eigenvalue weighted by Gasteiger charge is 2.24. The molecule has 2 atom stereocenters. The van der Waals surface area contributed by atoms with Gasteiger partial charge in [0, 0.05) is 12.5 Å². The van der Waals surface area contributed by atoms with E-state index in [1.54, 1.807) is 13.2 Å². The highest BCUT2D eigenvalue weighted by Crippen LogP contribution is 2.33. The summed E-state index contributed by atoms with van der Waals surface area (Å²) in [6.07, 6.45) is -0.763. The Bertz CT molecular complexity index is 577. The number of aliphatic hydroxyl groups is 1. The number of aryl methyl sites for hydroxylation is 2. The van der Waals surface area contributed by atoms with Gasteiger partial charge in [-0.3, -0.25) is 0 Å². The lowest BCUT2D eigenvalue weighted by molar-refractivity contribution is 0.120. The Balaban J connectivity index is 2.32. The van der Waals surface area contributed by atoms with Gasteiger partial charge in [0.1, 0.15) is 23.4 Å². The molecule has 0 aliphatic carbocycles. The quantitative estimate of drug-likeness (QED) is 0.880. The van der Waals surface area contributed by atoms with Crippen molar-refractivity contribution in [2.45, 2.75) is 25.9 Å². The molecule has 4 nitrogen and oxygen atoms in total. The van der Waals surface area contributed by atoms with Crippen molar-refractivity contribution in [1.29, 1.82) is 0 Å². The zero-order valence-corrected chi connectivity index (χ0v) is 12.1. The molecule has 0 saturated heterocycles. The van der Waals surface area contributed by atoms with Crippen LogP contribution in [0.2, 0.25) is 0 Å². The molecule has 2 aromatic rings. The third-order valence-electron chi connectivity index (χ3n) is 3.55. The van der Waals surface area contributed by atoms with E-state index in [4.69, 9.17) is 14.9 Å². The van der Waals surface area contributed by atoms with Gasteiger partial charge in [-0.05, 0) is 43.2 Å². The fraction of sp³-hybridized carbons (Fsp3) is 0.375. The summed E-state index contributed by atoms with van der Waals surface area (Å²) in [4.78, 5) is 0. The highest BCUT2D eigenvalue weighted by atomic mass is 16.5. The maximum atomic E-state index is 10.5. The molecule has 1 heterocycles. The second-order valence-electron chi connectivity index (χ2n) is 4.96. The molecule has 1 aromatic heterocycles. The number of nitrogens with two attached hydrogens (primary N) is 1. The van der Waals surface area contributed by atoms with E-state index < -0.39 is 6.10 Å². The van der Waals surface area contributed by atoms with Crippen molar-refractivity contribution >= 4 is 0 Å². The van der Waals surface area contributed by atoms with Crippen LogP contribution in [0.15, 0.2) is 34.7 Å². The Hall–Kier alpha value is -1.78. The summed E-state index contributed by atoms with van der Waals surface area (Å²) in [6, 6.07) is 9.48. The summed E-state index contributed by atoms with van der Waals surface area (Å²) in [7, 11) is 1.63. The van der Waals surface area contributed by atoms with Crippen LogP contribution in [0.3, 0.4) is 0 Å². The van der Waals surface area contributed by atoms with Crippen LogP contribution in [0.4, 0.5) is 0 Å². The smallest absolute Gasteiger partial charge is 0.133 e. The molecule has 2 unspecified atom stereocenters. The zero-order chi connectivity index (χ0) is 14.7. The third-order valence-corrected chi connectivity index (χ3v) is 3.55. The molecule has 0 bridgehead atoms. The summed E-state index contributed by atoms with van der Waals surface area (Å²) in [5.41, 5.74) is 7.83. The van der Waals surface area contributed by atoms with Crippen LogP contribution in [0.25, 0.3) is 0 Å². The molecule has 0 aliphatic rings. The number of ether oxygens (including phenoxy) is 1. The van der Waals surface area contributed by atoms with E-state index in [1.807, 2.05) is 38.1 Å². The largest absolute Gasteiger partial charge is 0.496 e. The second kappa shape index (κ2) is 6.11. The average molecular weight is 275 g/mol. The number of aliphatic hydroxyl groups excluding tert-OH is 1. The third kappa shape index (κ3) is 2.86. The van der Waals surface area contributed by atoms with Crippen LogP contribution in [0.5, 0.6) is 5.75 Å². The molecule has 0 radical (unpaired) electrons. The maximum Gasteiger partial charge on any atom is 0.133 e.